The fourth-order valence-electron chi connectivity index (χ4n) is 3.72. The first kappa shape index (κ1) is 22.3. The average molecular weight is 440 g/mol. The van der Waals surface area contributed by atoms with Crippen molar-refractivity contribution < 1.29 is 27.0 Å². The molecular formula is C25H21BF4O2. The van der Waals surface area contributed by atoms with Crippen molar-refractivity contribution in [2.24, 2.45) is 5.92 Å². The maximum absolute atomic E-state index is 14.9. The van der Waals surface area contributed by atoms with Crippen molar-refractivity contribution in [3.63, 3.8) is 0 Å². The first-order valence-corrected chi connectivity index (χ1v) is 10.4. The number of rotatable bonds is 5. The Bertz CT molecular complexity index is 1140. The summed E-state index contributed by atoms with van der Waals surface area (Å²) in [5.74, 6) is -3.86. The van der Waals surface area contributed by atoms with Gasteiger partial charge in [-0.1, -0.05) is 60.9 Å². The predicted octanol–water partition coefficient (Wildman–Crippen LogP) is 5.56. The number of hydrogen-bond donors (Lipinski definition) is 0. The Labute approximate surface area is 184 Å². The van der Waals surface area contributed by atoms with Gasteiger partial charge in [-0.3, -0.25) is 0 Å². The maximum atomic E-state index is 14.9. The molecule has 1 heterocycles. The highest BCUT2D eigenvalue weighted by molar-refractivity contribution is 6.08. The molecule has 0 N–H and O–H groups in total. The molecule has 1 saturated heterocycles. The molecule has 0 aromatic heterocycles. The fourth-order valence-corrected chi connectivity index (χ4v) is 3.72. The van der Waals surface area contributed by atoms with Gasteiger partial charge in [0.15, 0.2) is 29.6 Å². The second kappa shape index (κ2) is 9.31. The molecular weight excluding hydrogens is 419 g/mol. The Morgan fingerprint density at radius 3 is 1.84 bits per heavy atom. The normalized spacial score (nSPS) is 18.5. The Morgan fingerprint density at radius 1 is 0.781 bits per heavy atom. The summed E-state index contributed by atoms with van der Waals surface area (Å²) in [6.45, 7) is 4.30. The number of ether oxygens (including phenoxy) is 2. The molecule has 0 saturated carbocycles. The van der Waals surface area contributed by atoms with Crippen molar-refractivity contribution in [2.75, 3.05) is 13.2 Å². The number of benzene rings is 3. The van der Waals surface area contributed by atoms with Gasteiger partial charge in [0, 0.05) is 22.6 Å². The van der Waals surface area contributed by atoms with Gasteiger partial charge in [0.1, 0.15) is 7.85 Å². The molecule has 2 nitrogen and oxygen atoms in total. The van der Waals surface area contributed by atoms with E-state index in [0.29, 0.717) is 36.2 Å². The SMILES string of the molecule is BCc1ccc(-c2ccc(-c3ccc(C4OCC(C=C)CO4)c(F)c3F)cc2)c(F)c1F. The van der Waals surface area contributed by atoms with Crippen LogP contribution >= 0.6 is 0 Å². The summed E-state index contributed by atoms with van der Waals surface area (Å²) in [5, 5.41) is 0. The fraction of sp³-hybridized carbons (Fsp3) is 0.200. The third-order valence-corrected chi connectivity index (χ3v) is 5.67. The summed E-state index contributed by atoms with van der Waals surface area (Å²) in [7, 11) is 1.75. The van der Waals surface area contributed by atoms with Gasteiger partial charge in [-0.05, 0) is 16.7 Å². The van der Waals surface area contributed by atoms with Crippen LogP contribution in [0.25, 0.3) is 22.3 Å². The minimum atomic E-state index is -1.04. The summed E-state index contributed by atoms with van der Waals surface area (Å²) in [5.41, 5.74) is 1.28. The van der Waals surface area contributed by atoms with Gasteiger partial charge in [-0.25, -0.2) is 17.6 Å². The van der Waals surface area contributed by atoms with Crippen LogP contribution in [0, 0.1) is 29.2 Å². The lowest BCUT2D eigenvalue weighted by Gasteiger charge is -2.28. The van der Waals surface area contributed by atoms with Crippen LogP contribution in [0.5, 0.6) is 0 Å². The van der Waals surface area contributed by atoms with E-state index in [1.807, 2.05) is 0 Å². The van der Waals surface area contributed by atoms with Crippen LogP contribution in [0.1, 0.15) is 17.4 Å². The Balaban J connectivity index is 1.60. The van der Waals surface area contributed by atoms with Crippen LogP contribution in [0.15, 0.2) is 61.2 Å². The largest absolute Gasteiger partial charge is 0.348 e. The third kappa shape index (κ3) is 4.10. The van der Waals surface area contributed by atoms with E-state index < -0.39 is 29.6 Å². The van der Waals surface area contributed by atoms with E-state index in [1.54, 1.807) is 44.3 Å². The van der Waals surface area contributed by atoms with E-state index in [2.05, 4.69) is 6.58 Å². The van der Waals surface area contributed by atoms with E-state index in [4.69, 9.17) is 9.47 Å². The van der Waals surface area contributed by atoms with Gasteiger partial charge in [-0.15, -0.1) is 6.58 Å². The standard InChI is InChI=1S/C25H21BF4O2/c1-2-14-12-31-25(32-13-14)20-10-9-19(23(29)24(20)30)16-5-3-15(4-6-16)18-8-7-17(11-26)21(27)22(18)28/h2-10,14,25H,1,11-13,26H2. The minimum Gasteiger partial charge on any atom is -0.348 e. The summed E-state index contributed by atoms with van der Waals surface area (Å²) in [6.07, 6.45) is 1.09. The molecule has 32 heavy (non-hydrogen) atoms. The van der Waals surface area contributed by atoms with Gasteiger partial charge >= 0.3 is 0 Å². The number of hydrogen-bond acceptors (Lipinski definition) is 2. The maximum Gasteiger partial charge on any atom is 0.186 e. The first-order chi connectivity index (χ1) is 15.4. The van der Waals surface area contributed by atoms with Crippen molar-refractivity contribution in [1.29, 1.82) is 0 Å². The van der Waals surface area contributed by atoms with Crippen molar-refractivity contribution in [3.05, 3.63) is 95.6 Å². The predicted molar refractivity (Wildman–Crippen MR) is 118 cm³/mol. The zero-order valence-corrected chi connectivity index (χ0v) is 17.5. The average Bonchev–Trinajstić information content (AvgIpc) is 2.83. The Kier molecular flexibility index (Phi) is 6.49. The minimum absolute atomic E-state index is 0.00781. The Hall–Kier alpha value is -2.90. The zero-order valence-electron chi connectivity index (χ0n) is 17.5. The van der Waals surface area contributed by atoms with Crippen molar-refractivity contribution in [2.45, 2.75) is 12.6 Å². The van der Waals surface area contributed by atoms with Crippen LogP contribution in [0.2, 0.25) is 0 Å². The lowest BCUT2D eigenvalue weighted by molar-refractivity contribution is -0.198. The van der Waals surface area contributed by atoms with Crippen LogP contribution < -0.4 is 0 Å². The molecule has 3 aromatic rings. The Morgan fingerprint density at radius 2 is 1.31 bits per heavy atom. The van der Waals surface area contributed by atoms with Gasteiger partial charge in [0.25, 0.3) is 0 Å². The quantitative estimate of drug-likeness (QED) is 0.294. The van der Waals surface area contributed by atoms with E-state index >= 15 is 0 Å². The van der Waals surface area contributed by atoms with Crippen molar-refractivity contribution in [1.82, 2.24) is 0 Å². The molecule has 0 atom stereocenters. The summed E-state index contributed by atoms with van der Waals surface area (Å²) in [6, 6.07) is 12.1. The molecule has 4 rings (SSSR count). The molecule has 7 heteroatoms. The first-order valence-electron chi connectivity index (χ1n) is 10.4. The van der Waals surface area contributed by atoms with Gasteiger partial charge in [-0.2, -0.15) is 0 Å². The van der Waals surface area contributed by atoms with Gasteiger partial charge in [0.2, 0.25) is 0 Å². The lowest BCUT2D eigenvalue weighted by atomic mass is 9.93. The molecule has 0 radical (unpaired) electrons. The molecule has 1 aliphatic heterocycles. The van der Waals surface area contributed by atoms with Gasteiger partial charge < -0.3 is 9.47 Å². The van der Waals surface area contributed by atoms with Crippen LogP contribution in [0.4, 0.5) is 17.6 Å². The molecule has 0 unspecified atom stereocenters. The molecule has 164 valence electrons. The summed E-state index contributed by atoms with van der Waals surface area (Å²) < 4.78 is 69.2. The topological polar surface area (TPSA) is 18.5 Å². The third-order valence-electron chi connectivity index (χ3n) is 5.67. The van der Waals surface area contributed by atoms with E-state index in [1.165, 1.54) is 18.2 Å². The molecule has 1 aliphatic rings. The molecule has 0 spiro atoms. The number of halogens is 4. The zero-order chi connectivity index (χ0) is 22.8. The molecule has 0 amide bonds. The van der Waals surface area contributed by atoms with E-state index in [-0.39, 0.29) is 22.6 Å². The van der Waals surface area contributed by atoms with Crippen LogP contribution in [0.3, 0.4) is 0 Å². The highest BCUT2D eigenvalue weighted by atomic mass is 19.2. The highest BCUT2D eigenvalue weighted by Gasteiger charge is 2.27. The highest BCUT2D eigenvalue weighted by Crippen LogP contribution is 2.34. The summed E-state index contributed by atoms with van der Waals surface area (Å²) in [4.78, 5) is 0. The monoisotopic (exact) mass is 440 g/mol. The smallest absolute Gasteiger partial charge is 0.186 e. The second-order valence-electron chi connectivity index (χ2n) is 7.66. The summed E-state index contributed by atoms with van der Waals surface area (Å²) >= 11 is 0. The van der Waals surface area contributed by atoms with Crippen LogP contribution in [-0.2, 0) is 15.8 Å². The molecule has 1 fully saturated rings. The molecule has 3 aromatic carbocycles. The molecule has 0 bridgehead atoms. The van der Waals surface area contributed by atoms with Crippen molar-refractivity contribution >= 4 is 7.85 Å². The van der Waals surface area contributed by atoms with E-state index in [9.17, 15) is 17.6 Å². The second-order valence-corrected chi connectivity index (χ2v) is 7.66. The van der Waals surface area contributed by atoms with Gasteiger partial charge in [0.05, 0.1) is 13.2 Å². The van der Waals surface area contributed by atoms with Crippen LogP contribution in [-0.4, -0.2) is 21.1 Å². The lowest BCUT2D eigenvalue weighted by Crippen LogP contribution is -2.26. The van der Waals surface area contributed by atoms with Crippen molar-refractivity contribution in [3.8, 4) is 22.3 Å². The molecule has 0 aliphatic carbocycles. The van der Waals surface area contributed by atoms with E-state index in [0.717, 1.165) is 0 Å².